The van der Waals surface area contributed by atoms with Crippen molar-refractivity contribution >= 4 is 16.8 Å². The van der Waals surface area contributed by atoms with Crippen molar-refractivity contribution in [3.63, 3.8) is 0 Å². The highest BCUT2D eigenvalue weighted by atomic mass is 16.2. The summed E-state index contributed by atoms with van der Waals surface area (Å²) in [5.74, 6) is 0.0333. The number of rotatable bonds is 3. The maximum Gasteiger partial charge on any atom is 0.267 e. The molecule has 1 aromatic carbocycles. The highest BCUT2D eigenvalue weighted by Crippen LogP contribution is 2.25. The van der Waals surface area contributed by atoms with Gasteiger partial charge in [0.25, 0.3) is 11.5 Å². The zero-order valence-corrected chi connectivity index (χ0v) is 15.9. The fourth-order valence-electron chi connectivity index (χ4n) is 4.63. The number of benzene rings is 1. The Balaban J connectivity index is 1.42. The van der Waals surface area contributed by atoms with Crippen molar-refractivity contribution in [2.45, 2.75) is 51.1 Å². The van der Waals surface area contributed by atoms with Crippen molar-refractivity contribution in [3.05, 3.63) is 63.7 Å². The van der Waals surface area contributed by atoms with Gasteiger partial charge in [0.2, 0.25) is 0 Å². The number of aromatic amines is 1. The molecule has 6 nitrogen and oxygen atoms in total. The molecule has 1 fully saturated rings. The smallest absolute Gasteiger partial charge is 0.267 e. The van der Waals surface area contributed by atoms with E-state index >= 15 is 0 Å². The Bertz CT molecular complexity index is 1100. The van der Waals surface area contributed by atoms with Crippen LogP contribution in [0.15, 0.2) is 41.3 Å². The van der Waals surface area contributed by atoms with E-state index in [0.717, 1.165) is 67.2 Å². The third kappa shape index (κ3) is 2.93. The van der Waals surface area contributed by atoms with Gasteiger partial charge in [-0.15, -0.1) is 0 Å². The predicted octanol–water partition coefficient (Wildman–Crippen LogP) is 2.91. The van der Waals surface area contributed by atoms with E-state index in [1.165, 1.54) is 0 Å². The second-order valence-corrected chi connectivity index (χ2v) is 7.89. The minimum absolute atomic E-state index is 0.00741. The maximum atomic E-state index is 13.2. The number of carbonyl (C=O) groups excluding carboxylic acids is 1. The van der Waals surface area contributed by atoms with Crippen LogP contribution in [0, 0.1) is 0 Å². The van der Waals surface area contributed by atoms with Gasteiger partial charge >= 0.3 is 0 Å². The van der Waals surface area contributed by atoms with E-state index in [4.69, 9.17) is 0 Å². The van der Waals surface area contributed by atoms with Gasteiger partial charge in [0.15, 0.2) is 0 Å². The Hall–Kier alpha value is -2.89. The normalized spacial score (nSPS) is 19.1. The van der Waals surface area contributed by atoms with Crippen molar-refractivity contribution in [1.29, 1.82) is 0 Å². The molecule has 28 heavy (non-hydrogen) atoms. The van der Waals surface area contributed by atoms with E-state index in [1.54, 1.807) is 16.9 Å². The summed E-state index contributed by atoms with van der Waals surface area (Å²) in [6, 6.07) is 9.62. The number of likely N-dealkylation sites (tertiary alicyclic amines) is 1. The Morgan fingerprint density at radius 1 is 1.18 bits per heavy atom. The van der Waals surface area contributed by atoms with Crippen LogP contribution in [0.3, 0.4) is 0 Å². The fraction of sp³-hybridized carbons (Fsp3) is 0.409. The molecule has 1 aliphatic carbocycles. The zero-order chi connectivity index (χ0) is 19.1. The lowest BCUT2D eigenvalue weighted by Crippen LogP contribution is -2.41. The highest BCUT2D eigenvalue weighted by Gasteiger charge is 2.31. The SMILES string of the molecule is O=C(c1c[nH]c2ccccc12)N1CCCC1Cn1nc2c(cc1=O)CCCC2. The number of amides is 1. The summed E-state index contributed by atoms with van der Waals surface area (Å²) in [5.41, 5.74) is 3.78. The van der Waals surface area contributed by atoms with Gasteiger partial charge in [-0.05, 0) is 50.2 Å². The first kappa shape index (κ1) is 17.2. The summed E-state index contributed by atoms with van der Waals surface area (Å²) < 4.78 is 1.58. The number of hydrogen-bond donors (Lipinski definition) is 1. The molecule has 1 amide bonds. The summed E-state index contributed by atoms with van der Waals surface area (Å²) in [4.78, 5) is 30.9. The molecule has 0 spiro atoms. The summed E-state index contributed by atoms with van der Waals surface area (Å²) in [5, 5.41) is 5.59. The first-order valence-electron chi connectivity index (χ1n) is 10.2. The van der Waals surface area contributed by atoms with Gasteiger partial charge in [-0.25, -0.2) is 4.68 Å². The van der Waals surface area contributed by atoms with Crippen molar-refractivity contribution in [1.82, 2.24) is 19.7 Å². The number of carbonyl (C=O) groups is 1. The molecule has 0 radical (unpaired) electrons. The Kier molecular flexibility index (Phi) is 4.26. The van der Waals surface area contributed by atoms with E-state index in [2.05, 4.69) is 10.1 Å². The quantitative estimate of drug-likeness (QED) is 0.764. The molecular weight excluding hydrogens is 352 g/mol. The van der Waals surface area contributed by atoms with E-state index in [0.29, 0.717) is 12.1 Å². The molecule has 2 aromatic heterocycles. The van der Waals surface area contributed by atoms with Gasteiger partial charge < -0.3 is 9.88 Å². The molecule has 1 saturated heterocycles. The number of aromatic nitrogens is 3. The molecule has 2 aliphatic rings. The summed E-state index contributed by atoms with van der Waals surface area (Å²) >= 11 is 0. The minimum atomic E-state index is -0.0490. The molecule has 6 heteroatoms. The van der Waals surface area contributed by atoms with Crippen LogP contribution >= 0.6 is 0 Å². The molecule has 3 aromatic rings. The van der Waals surface area contributed by atoms with Crippen LogP contribution in [0.5, 0.6) is 0 Å². The van der Waals surface area contributed by atoms with Gasteiger partial charge in [-0.2, -0.15) is 5.10 Å². The monoisotopic (exact) mass is 376 g/mol. The Morgan fingerprint density at radius 2 is 2.04 bits per heavy atom. The highest BCUT2D eigenvalue weighted by molar-refractivity contribution is 6.06. The number of hydrogen-bond acceptors (Lipinski definition) is 3. The zero-order valence-electron chi connectivity index (χ0n) is 15.9. The van der Waals surface area contributed by atoms with Gasteiger partial charge in [-0.3, -0.25) is 9.59 Å². The number of nitrogens with zero attached hydrogens (tertiary/aromatic N) is 3. The number of nitrogens with one attached hydrogen (secondary N) is 1. The van der Waals surface area contributed by atoms with Crippen LogP contribution in [0.2, 0.25) is 0 Å². The van der Waals surface area contributed by atoms with Gasteiger partial charge in [0.1, 0.15) is 0 Å². The van der Waals surface area contributed by atoms with Crippen LogP contribution in [0.4, 0.5) is 0 Å². The number of fused-ring (bicyclic) bond motifs is 2. The first-order chi connectivity index (χ1) is 13.7. The third-order valence-corrected chi connectivity index (χ3v) is 6.12. The summed E-state index contributed by atoms with van der Waals surface area (Å²) in [6.07, 6.45) is 7.81. The van der Waals surface area contributed by atoms with Crippen LogP contribution in [-0.2, 0) is 19.4 Å². The molecule has 1 unspecified atom stereocenters. The average Bonchev–Trinajstić information content (AvgIpc) is 3.35. The van der Waals surface area contributed by atoms with Gasteiger partial charge in [0, 0.05) is 29.7 Å². The van der Waals surface area contributed by atoms with Gasteiger partial charge in [-0.1, -0.05) is 18.2 Å². The maximum absolute atomic E-state index is 13.2. The predicted molar refractivity (Wildman–Crippen MR) is 107 cm³/mol. The number of para-hydroxylation sites is 1. The number of aryl methyl sites for hydroxylation is 2. The van der Waals surface area contributed by atoms with Crippen molar-refractivity contribution in [2.24, 2.45) is 0 Å². The lowest BCUT2D eigenvalue weighted by atomic mass is 9.97. The molecule has 1 N–H and O–H groups in total. The average molecular weight is 376 g/mol. The minimum Gasteiger partial charge on any atom is -0.360 e. The van der Waals surface area contributed by atoms with Crippen molar-refractivity contribution in [3.8, 4) is 0 Å². The number of H-pyrrole nitrogens is 1. The summed E-state index contributed by atoms with van der Waals surface area (Å²) in [6.45, 7) is 1.20. The first-order valence-corrected chi connectivity index (χ1v) is 10.2. The standard InChI is InChI=1S/C22H24N4O2/c27-21-12-15-6-1-3-9-19(15)24-26(21)14-16-7-5-11-25(16)22(28)18-13-23-20-10-4-2-8-17(18)20/h2,4,8,10,12-13,16,23H,1,3,5-7,9,11,14H2. The topological polar surface area (TPSA) is 71.0 Å². The largest absolute Gasteiger partial charge is 0.360 e. The van der Waals surface area contributed by atoms with E-state index in [-0.39, 0.29) is 17.5 Å². The van der Waals surface area contributed by atoms with Gasteiger partial charge in [0.05, 0.1) is 23.8 Å². The van der Waals surface area contributed by atoms with Crippen LogP contribution in [0.1, 0.15) is 47.3 Å². The van der Waals surface area contributed by atoms with E-state index < -0.39 is 0 Å². The van der Waals surface area contributed by atoms with Crippen molar-refractivity contribution in [2.75, 3.05) is 6.54 Å². The molecule has 1 aliphatic heterocycles. The molecule has 3 heterocycles. The molecule has 5 rings (SSSR count). The van der Waals surface area contributed by atoms with E-state index in [1.807, 2.05) is 29.2 Å². The van der Waals surface area contributed by atoms with Crippen molar-refractivity contribution < 1.29 is 4.79 Å². The second-order valence-electron chi connectivity index (χ2n) is 7.89. The lowest BCUT2D eigenvalue weighted by molar-refractivity contribution is 0.0722. The molecular formula is C22H24N4O2. The van der Waals surface area contributed by atoms with Crippen LogP contribution in [0.25, 0.3) is 10.9 Å². The Morgan fingerprint density at radius 3 is 2.96 bits per heavy atom. The van der Waals surface area contributed by atoms with Crippen LogP contribution < -0.4 is 5.56 Å². The Labute approximate surface area is 163 Å². The third-order valence-electron chi connectivity index (χ3n) is 6.12. The summed E-state index contributed by atoms with van der Waals surface area (Å²) in [7, 11) is 0. The lowest BCUT2D eigenvalue weighted by Gasteiger charge is -2.25. The fourth-order valence-corrected chi connectivity index (χ4v) is 4.63. The van der Waals surface area contributed by atoms with Crippen LogP contribution in [-0.4, -0.2) is 38.2 Å². The molecule has 1 atom stereocenters. The van der Waals surface area contributed by atoms with E-state index in [9.17, 15) is 9.59 Å². The molecule has 0 saturated carbocycles. The second kappa shape index (κ2) is 6.93. The molecule has 0 bridgehead atoms. The molecule has 144 valence electrons.